The van der Waals surface area contributed by atoms with Crippen molar-refractivity contribution >= 4 is 17.9 Å². The Morgan fingerprint density at radius 1 is 1.28 bits per heavy atom. The Hall–Kier alpha value is -3.21. The molecule has 1 aliphatic carbocycles. The first-order valence-electron chi connectivity index (χ1n) is 11.0. The van der Waals surface area contributed by atoms with Gasteiger partial charge in [0.2, 0.25) is 17.8 Å². The maximum atomic E-state index is 12.2. The Labute approximate surface area is 187 Å². The molecule has 1 saturated carbocycles. The summed E-state index contributed by atoms with van der Waals surface area (Å²) in [6.07, 6.45) is 5.70. The van der Waals surface area contributed by atoms with E-state index in [1.54, 1.807) is 23.4 Å². The molecule has 11 heteroatoms. The smallest absolute Gasteiger partial charge is 0.317 e. The number of rotatable bonds is 7. The summed E-state index contributed by atoms with van der Waals surface area (Å²) in [6.45, 7) is 5.40. The van der Waals surface area contributed by atoms with Crippen molar-refractivity contribution < 1.29 is 14.3 Å². The zero-order chi connectivity index (χ0) is 22.5. The van der Waals surface area contributed by atoms with Gasteiger partial charge in [-0.2, -0.15) is 4.98 Å². The van der Waals surface area contributed by atoms with Gasteiger partial charge < -0.3 is 30.3 Å². The third-order valence-corrected chi connectivity index (χ3v) is 5.70. The summed E-state index contributed by atoms with van der Waals surface area (Å²) >= 11 is 0. The summed E-state index contributed by atoms with van der Waals surface area (Å²) < 4.78 is 11.6. The quantitative estimate of drug-likeness (QED) is 0.651. The van der Waals surface area contributed by atoms with Crippen LogP contribution >= 0.6 is 0 Å². The number of hydrogen-bond acceptors (Lipinski definition) is 9. The lowest BCUT2D eigenvalue weighted by Gasteiger charge is -2.40. The molecule has 32 heavy (non-hydrogen) atoms. The van der Waals surface area contributed by atoms with E-state index in [1.165, 1.54) is 0 Å². The second kappa shape index (κ2) is 9.94. The van der Waals surface area contributed by atoms with Crippen LogP contribution in [0.5, 0.6) is 5.88 Å². The minimum absolute atomic E-state index is 0.00983. The predicted octanol–water partition coefficient (Wildman–Crippen LogP) is 1.31. The van der Waals surface area contributed by atoms with Gasteiger partial charge in [0.25, 0.3) is 0 Å². The molecule has 0 spiro atoms. The van der Waals surface area contributed by atoms with Crippen LogP contribution < -0.4 is 20.7 Å². The molecule has 1 aliphatic heterocycles. The van der Waals surface area contributed by atoms with Crippen molar-refractivity contribution in [3.05, 3.63) is 18.5 Å². The van der Waals surface area contributed by atoms with Gasteiger partial charge in [0.15, 0.2) is 0 Å². The van der Waals surface area contributed by atoms with Crippen molar-refractivity contribution in [1.82, 2.24) is 30.2 Å². The normalized spacial score (nSPS) is 20.4. The number of morpholine rings is 1. The molecular weight excluding hydrogens is 412 g/mol. The highest BCUT2D eigenvalue weighted by atomic mass is 16.5. The van der Waals surface area contributed by atoms with Gasteiger partial charge in [-0.3, -0.25) is 0 Å². The summed E-state index contributed by atoms with van der Waals surface area (Å²) in [4.78, 5) is 33.5. The lowest BCUT2D eigenvalue weighted by molar-refractivity contribution is 0.0406. The Balaban J connectivity index is 1.46. The highest BCUT2D eigenvalue weighted by Gasteiger charge is 2.36. The topological polar surface area (TPSA) is 132 Å². The molecule has 2 aromatic rings. The maximum absolute atomic E-state index is 12.2. The molecule has 1 saturated heterocycles. The fraction of sp³-hybridized carbons (Fsp3) is 0.571. The van der Waals surface area contributed by atoms with Gasteiger partial charge in [-0.05, 0) is 6.42 Å². The highest BCUT2D eigenvalue weighted by Crippen LogP contribution is 2.31. The minimum Gasteiger partial charge on any atom is -0.474 e. The van der Waals surface area contributed by atoms with Crippen molar-refractivity contribution in [3.8, 4) is 17.1 Å². The molecule has 11 nitrogen and oxygen atoms in total. The lowest BCUT2D eigenvalue weighted by Crippen LogP contribution is -2.52. The minimum atomic E-state index is -0.0439. The SMILES string of the molecule is CCCNC(=O)N(C)C1CC(Oc2cc(-c3cnc(N)nc3)nc(N3CCOCC3)n2)C1. The van der Waals surface area contributed by atoms with Crippen molar-refractivity contribution in [2.75, 3.05) is 50.5 Å². The van der Waals surface area contributed by atoms with Gasteiger partial charge in [0, 0.05) is 69.6 Å². The molecule has 3 N–H and O–H groups in total. The Bertz CT molecular complexity index is 914. The lowest BCUT2D eigenvalue weighted by atomic mass is 9.88. The summed E-state index contributed by atoms with van der Waals surface area (Å²) in [7, 11) is 1.83. The van der Waals surface area contributed by atoms with Crippen molar-refractivity contribution in [1.29, 1.82) is 0 Å². The van der Waals surface area contributed by atoms with Crippen LogP contribution in [0, 0.1) is 0 Å². The molecule has 0 bridgehead atoms. The molecule has 4 rings (SSSR count). The Morgan fingerprint density at radius 2 is 2.00 bits per heavy atom. The monoisotopic (exact) mass is 442 g/mol. The number of nitrogens with two attached hydrogens (primary N) is 1. The third-order valence-electron chi connectivity index (χ3n) is 5.70. The molecule has 0 aromatic carbocycles. The van der Waals surface area contributed by atoms with Crippen molar-refractivity contribution in [2.45, 2.75) is 38.3 Å². The molecule has 0 unspecified atom stereocenters. The largest absolute Gasteiger partial charge is 0.474 e. The van der Waals surface area contributed by atoms with E-state index < -0.39 is 0 Å². The molecular formula is C21H30N8O3. The number of amides is 2. The van der Waals surface area contributed by atoms with Gasteiger partial charge in [0.05, 0.1) is 18.9 Å². The number of carbonyl (C=O) groups excluding carboxylic acids is 1. The number of anilines is 2. The van der Waals surface area contributed by atoms with Crippen LogP contribution in [-0.4, -0.2) is 82.9 Å². The van der Waals surface area contributed by atoms with E-state index in [0.717, 1.165) is 24.8 Å². The van der Waals surface area contributed by atoms with Crippen molar-refractivity contribution in [3.63, 3.8) is 0 Å². The number of nitrogens with zero attached hydrogens (tertiary/aromatic N) is 6. The number of nitrogen functional groups attached to an aromatic ring is 1. The highest BCUT2D eigenvalue weighted by molar-refractivity contribution is 5.74. The third kappa shape index (κ3) is 5.16. The van der Waals surface area contributed by atoms with E-state index in [2.05, 4.69) is 25.2 Å². The number of nitrogens with one attached hydrogen (secondary N) is 1. The summed E-state index contributed by atoms with van der Waals surface area (Å²) in [5.41, 5.74) is 7.03. The standard InChI is InChI=1S/C21H30N8O3/c1-3-4-23-21(30)28(2)15-9-16(10-15)32-18-11-17(14-12-24-19(22)25-13-14)26-20(27-18)29-5-7-31-8-6-29/h11-13,15-16H,3-10H2,1-2H3,(H,23,30)(H2,22,24,25). The molecule has 2 amide bonds. The summed E-state index contributed by atoms with van der Waals surface area (Å²) in [5.74, 6) is 1.29. The van der Waals surface area contributed by atoms with Crippen LogP contribution in [-0.2, 0) is 4.74 Å². The molecule has 2 fully saturated rings. The number of urea groups is 1. The zero-order valence-electron chi connectivity index (χ0n) is 18.5. The number of ether oxygens (including phenoxy) is 2. The maximum Gasteiger partial charge on any atom is 0.317 e. The van der Waals surface area contributed by atoms with Gasteiger partial charge in [0.1, 0.15) is 6.10 Å². The van der Waals surface area contributed by atoms with Crippen LogP contribution in [0.4, 0.5) is 16.7 Å². The molecule has 172 valence electrons. The van der Waals surface area contributed by atoms with Crippen LogP contribution in [0.15, 0.2) is 18.5 Å². The fourth-order valence-corrected chi connectivity index (χ4v) is 3.64. The summed E-state index contributed by atoms with van der Waals surface area (Å²) in [6, 6.07) is 1.91. The van der Waals surface area contributed by atoms with Gasteiger partial charge in [-0.25, -0.2) is 19.7 Å². The average molecular weight is 443 g/mol. The fourth-order valence-electron chi connectivity index (χ4n) is 3.64. The predicted molar refractivity (Wildman–Crippen MR) is 119 cm³/mol. The molecule has 0 radical (unpaired) electrons. The van der Waals surface area contributed by atoms with Gasteiger partial charge in [-0.15, -0.1) is 0 Å². The van der Waals surface area contributed by atoms with Crippen molar-refractivity contribution in [2.24, 2.45) is 0 Å². The van der Waals surface area contributed by atoms with Crippen LogP contribution in [0.3, 0.4) is 0 Å². The van der Waals surface area contributed by atoms with E-state index in [0.29, 0.717) is 50.4 Å². The van der Waals surface area contributed by atoms with Crippen LogP contribution in [0.25, 0.3) is 11.3 Å². The first-order valence-corrected chi connectivity index (χ1v) is 11.0. The van der Waals surface area contributed by atoms with Gasteiger partial charge >= 0.3 is 6.03 Å². The number of aromatic nitrogens is 4. The number of carbonyl (C=O) groups is 1. The first kappa shape index (κ1) is 22.0. The molecule has 0 atom stereocenters. The average Bonchev–Trinajstić information content (AvgIpc) is 2.80. The van der Waals surface area contributed by atoms with E-state index in [9.17, 15) is 4.79 Å². The van der Waals surface area contributed by atoms with Crippen LogP contribution in [0.2, 0.25) is 0 Å². The molecule has 2 aliphatic rings. The second-order valence-corrected chi connectivity index (χ2v) is 8.03. The first-order chi connectivity index (χ1) is 15.5. The van der Waals surface area contributed by atoms with E-state index in [-0.39, 0.29) is 24.1 Å². The van der Waals surface area contributed by atoms with Gasteiger partial charge in [-0.1, -0.05) is 6.92 Å². The molecule has 2 aromatic heterocycles. The van der Waals surface area contributed by atoms with E-state index in [1.807, 2.05) is 14.0 Å². The van der Waals surface area contributed by atoms with E-state index in [4.69, 9.17) is 20.2 Å². The molecule has 3 heterocycles. The Kier molecular flexibility index (Phi) is 6.84. The van der Waals surface area contributed by atoms with E-state index >= 15 is 0 Å². The Morgan fingerprint density at radius 3 is 2.69 bits per heavy atom. The second-order valence-electron chi connectivity index (χ2n) is 8.03. The zero-order valence-corrected chi connectivity index (χ0v) is 18.5. The van der Waals surface area contributed by atoms with Crippen LogP contribution in [0.1, 0.15) is 26.2 Å². The number of hydrogen-bond donors (Lipinski definition) is 2. The summed E-state index contributed by atoms with van der Waals surface area (Å²) in [5, 5.41) is 2.91.